The van der Waals surface area contributed by atoms with Gasteiger partial charge >= 0.3 is 6.18 Å². The SMILES string of the molecule is CC(C(=O)[O-])n1ncc2ccc(Oc3ncc(C(F)(F)F)cc3Cl)cc21. The fraction of sp³-hybridized carbons (Fsp3) is 0.188. The molecule has 0 radical (unpaired) electrons. The number of carbonyl (C=O) groups excluding carboxylic acids is 1. The molecule has 0 N–H and O–H groups in total. The third kappa shape index (κ3) is 3.43. The van der Waals surface area contributed by atoms with E-state index in [1.54, 1.807) is 6.07 Å². The van der Waals surface area contributed by atoms with Crippen LogP contribution in [0.5, 0.6) is 11.6 Å². The molecule has 0 saturated heterocycles. The van der Waals surface area contributed by atoms with Gasteiger partial charge in [-0.25, -0.2) is 4.98 Å². The Balaban J connectivity index is 1.94. The van der Waals surface area contributed by atoms with Crippen LogP contribution in [-0.4, -0.2) is 20.7 Å². The topological polar surface area (TPSA) is 80.1 Å². The zero-order chi connectivity index (χ0) is 19.1. The van der Waals surface area contributed by atoms with Gasteiger partial charge in [-0.1, -0.05) is 11.6 Å². The third-order valence-corrected chi connectivity index (χ3v) is 3.90. The first kappa shape index (κ1) is 18.0. The average molecular weight is 385 g/mol. The van der Waals surface area contributed by atoms with E-state index in [4.69, 9.17) is 16.3 Å². The number of pyridine rings is 1. The van der Waals surface area contributed by atoms with Crippen LogP contribution < -0.4 is 9.84 Å². The first-order chi connectivity index (χ1) is 12.2. The normalized spacial score (nSPS) is 13.0. The summed E-state index contributed by atoms with van der Waals surface area (Å²) in [6.45, 7) is 1.41. The van der Waals surface area contributed by atoms with Crippen molar-refractivity contribution in [2.45, 2.75) is 19.1 Å². The molecule has 1 atom stereocenters. The van der Waals surface area contributed by atoms with Gasteiger partial charge in [-0.3, -0.25) is 4.68 Å². The van der Waals surface area contributed by atoms with Crippen molar-refractivity contribution in [3.8, 4) is 11.6 Å². The Morgan fingerprint density at radius 2 is 2.04 bits per heavy atom. The molecule has 1 aromatic carbocycles. The van der Waals surface area contributed by atoms with Gasteiger partial charge in [0.2, 0.25) is 5.88 Å². The highest BCUT2D eigenvalue weighted by Gasteiger charge is 2.31. The molecule has 26 heavy (non-hydrogen) atoms. The number of fused-ring (bicyclic) bond motifs is 1. The lowest BCUT2D eigenvalue weighted by Gasteiger charge is -2.15. The predicted octanol–water partition coefficient (Wildman–Crippen LogP) is 3.21. The van der Waals surface area contributed by atoms with Crippen LogP contribution in [0.3, 0.4) is 0 Å². The summed E-state index contributed by atoms with van der Waals surface area (Å²) < 4.78 is 44.6. The van der Waals surface area contributed by atoms with E-state index in [0.717, 1.165) is 0 Å². The molecule has 0 aliphatic heterocycles. The second kappa shape index (κ2) is 6.49. The highest BCUT2D eigenvalue weighted by molar-refractivity contribution is 6.31. The van der Waals surface area contributed by atoms with E-state index in [-0.39, 0.29) is 16.7 Å². The summed E-state index contributed by atoms with van der Waals surface area (Å²) in [7, 11) is 0. The van der Waals surface area contributed by atoms with Gasteiger partial charge in [-0.2, -0.15) is 18.3 Å². The zero-order valence-corrected chi connectivity index (χ0v) is 13.9. The van der Waals surface area contributed by atoms with Gasteiger partial charge in [-0.15, -0.1) is 0 Å². The van der Waals surface area contributed by atoms with Crippen molar-refractivity contribution in [1.82, 2.24) is 14.8 Å². The van der Waals surface area contributed by atoms with Crippen molar-refractivity contribution < 1.29 is 27.8 Å². The standard InChI is InChI=1S/C16H11ClF3N3O3/c1-8(15(24)25)23-13-5-11(3-2-9(13)6-22-23)26-14-12(17)4-10(7-21-14)16(18,19)20/h2-8H,1H3,(H,24,25)/p-1. The number of alkyl halides is 3. The number of nitrogens with zero attached hydrogens (tertiary/aromatic N) is 3. The lowest BCUT2D eigenvalue weighted by Crippen LogP contribution is -2.31. The molecule has 6 nitrogen and oxygen atoms in total. The molecule has 0 fully saturated rings. The third-order valence-electron chi connectivity index (χ3n) is 3.63. The molecule has 136 valence electrons. The monoisotopic (exact) mass is 384 g/mol. The maximum atomic E-state index is 12.6. The summed E-state index contributed by atoms with van der Waals surface area (Å²) in [5.74, 6) is -1.31. The number of benzene rings is 1. The van der Waals surface area contributed by atoms with Gasteiger partial charge in [0.05, 0.1) is 29.3 Å². The quantitative estimate of drug-likeness (QED) is 0.690. The van der Waals surface area contributed by atoms with Gasteiger partial charge in [0.1, 0.15) is 10.8 Å². The van der Waals surface area contributed by atoms with Gasteiger partial charge in [0, 0.05) is 17.6 Å². The smallest absolute Gasteiger partial charge is 0.417 e. The fourth-order valence-electron chi connectivity index (χ4n) is 2.26. The molecule has 2 aromatic heterocycles. The van der Waals surface area contributed by atoms with Crippen molar-refractivity contribution in [3.05, 3.63) is 47.2 Å². The van der Waals surface area contributed by atoms with E-state index < -0.39 is 23.8 Å². The van der Waals surface area contributed by atoms with E-state index >= 15 is 0 Å². The molecule has 0 aliphatic rings. The molecule has 0 saturated carbocycles. The average Bonchev–Trinajstić information content (AvgIpc) is 2.98. The molecule has 1 unspecified atom stereocenters. The Hall–Kier alpha value is -2.81. The van der Waals surface area contributed by atoms with Crippen molar-refractivity contribution >= 4 is 28.5 Å². The van der Waals surface area contributed by atoms with Crippen LogP contribution in [0, 0.1) is 0 Å². The van der Waals surface area contributed by atoms with Crippen LogP contribution in [0.25, 0.3) is 10.9 Å². The highest BCUT2D eigenvalue weighted by Crippen LogP contribution is 2.35. The minimum Gasteiger partial charge on any atom is -0.548 e. The van der Waals surface area contributed by atoms with E-state index in [9.17, 15) is 23.1 Å². The number of carboxylic acid groups (broad SMARTS) is 1. The number of hydrogen-bond donors (Lipinski definition) is 0. The number of carboxylic acids is 1. The second-order valence-corrected chi connectivity index (χ2v) is 5.82. The van der Waals surface area contributed by atoms with Gasteiger partial charge in [-0.05, 0) is 25.1 Å². The second-order valence-electron chi connectivity index (χ2n) is 5.42. The number of carbonyl (C=O) groups is 1. The Morgan fingerprint density at radius 3 is 2.65 bits per heavy atom. The molecule has 0 spiro atoms. The number of aliphatic carboxylic acids is 1. The number of halogens is 4. The van der Waals surface area contributed by atoms with Crippen molar-refractivity contribution in [3.63, 3.8) is 0 Å². The lowest BCUT2D eigenvalue weighted by molar-refractivity contribution is -0.309. The molecule has 3 aromatic rings. The lowest BCUT2D eigenvalue weighted by atomic mass is 10.2. The molecule has 0 bridgehead atoms. The van der Waals surface area contributed by atoms with Crippen LogP contribution in [0.1, 0.15) is 18.5 Å². The number of ether oxygens (including phenoxy) is 1. The fourth-order valence-corrected chi connectivity index (χ4v) is 2.46. The van der Waals surface area contributed by atoms with Gasteiger partial charge < -0.3 is 14.6 Å². The Kier molecular flexibility index (Phi) is 4.49. The minimum absolute atomic E-state index is 0.207. The van der Waals surface area contributed by atoms with Crippen LogP contribution in [0.15, 0.2) is 36.7 Å². The Bertz CT molecular complexity index is 988. The molecule has 2 heterocycles. The van der Waals surface area contributed by atoms with Crippen LogP contribution >= 0.6 is 11.6 Å². The van der Waals surface area contributed by atoms with Crippen LogP contribution in [0.2, 0.25) is 5.02 Å². The van der Waals surface area contributed by atoms with Crippen LogP contribution in [0.4, 0.5) is 13.2 Å². The highest BCUT2D eigenvalue weighted by atomic mass is 35.5. The van der Waals surface area contributed by atoms with E-state index in [2.05, 4.69) is 10.1 Å². The van der Waals surface area contributed by atoms with E-state index in [1.807, 2.05) is 0 Å². The van der Waals surface area contributed by atoms with E-state index in [1.165, 1.54) is 29.9 Å². The zero-order valence-electron chi connectivity index (χ0n) is 13.1. The Labute approximate surface area is 149 Å². The predicted molar refractivity (Wildman–Crippen MR) is 83.8 cm³/mol. The van der Waals surface area contributed by atoms with Gasteiger partial charge in [0.15, 0.2) is 0 Å². The van der Waals surface area contributed by atoms with Crippen LogP contribution in [-0.2, 0) is 11.0 Å². The summed E-state index contributed by atoms with van der Waals surface area (Å²) in [6, 6.07) is 4.33. The first-order valence-electron chi connectivity index (χ1n) is 7.25. The van der Waals surface area contributed by atoms with Crippen molar-refractivity contribution in [2.75, 3.05) is 0 Å². The Morgan fingerprint density at radius 1 is 1.31 bits per heavy atom. The first-order valence-corrected chi connectivity index (χ1v) is 7.63. The summed E-state index contributed by atoms with van der Waals surface area (Å²) >= 11 is 5.81. The summed E-state index contributed by atoms with van der Waals surface area (Å²) in [5.41, 5.74) is -0.548. The van der Waals surface area contributed by atoms with E-state index in [0.29, 0.717) is 23.2 Å². The maximum Gasteiger partial charge on any atom is 0.417 e. The van der Waals surface area contributed by atoms with Crippen molar-refractivity contribution in [1.29, 1.82) is 0 Å². The summed E-state index contributed by atoms with van der Waals surface area (Å²) in [4.78, 5) is 14.6. The summed E-state index contributed by atoms with van der Waals surface area (Å²) in [6.07, 6.45) is -2.48. The largest absolute Gasteiger partial charge is 0.548 e. The molecular formula is C16H10ClF3N3O3-. The maximum absolute atomic E-state index is 12.6. The molecule has 3 rings (SSSR count). The number of hydrogen-bond acceptors (Lipinski definition) is 5. The number of rotatable bonds is 4. The number of aromatic nitrogens is 3. The molecule has 10 heteroatoms. The molecule has 0 amide bonds. The van der Waals surface area contributed by atoms with Gasteiger partial charge in [0.25, 0.3) is 0 Å². The van der Waals surface area contributed by atoms with Crippen molar-refractivity contribution in [2.24, 2.45) is 0 Å². The molecular weight excluding hydrogens is 375 g/mol. The summed E-state index contributed by atoms with van der Waals surface area (Å²) in [5, 5.41) is 15.4. The minimum atomic E-state index is -4.57. The molecule has 0 aliphatic carbocycles.